The number of aromatic nitrogens is 4. The van der Waals surface area contributed by atoms with Crippen molar-refractivity contribution in [1.82, 2.24) is 25.1 Å². The minimum atomic E-state index is 0.223. The summed E-state index contributed by atoms with van der Waals surface area (Å²) in [5, 5.41) is 7.94. The second kappa shape index (κ2) is 7.31. The van der Waals surface area contributed by atoms with Crippen LogP contribution in [0.2, 0.25) is 0 Å². The van der Waals surface area contributed by atoms with E-state index >= 15 is 0 Å². The average molecular weight is 287 g/mol. The summed E-state index contributed by atoms with van der Waals surface area (Å²) in [4.78, 5) is 8.84. The molecule has 0 saturated carbocycles. The summed E-state index contributed by atoms with van der Waals surface area (Å²) in [6, 6.07) is 4.69. The molecule has 0 spiro atoms. The molecule has 5 nitrogen and oxygen atoms in total. The molecule has 0 saturated heterocycles. The second-order valence-electron chi connectivity index (χ2n) is 5.60. The van der Waals surface area contributed by atoms with Gasteiger partial charge >= 0.3 is 0 Å². The highest BCUT2D eigenvalue weighted by atomic mass is 15.3. The molecule has 2 rings (SSSR count). The fraction of sp³-hybridized carbons (Fsp3) is 0.562. The van der Waals surface area contributed by atoms with Crippen molar-refractivity contribution in [2.75, 3.05) is 6.54 Å². The van der Waals surface area contributed by atoms with Crippen LogP contribution in [0, 0.1) is 6.92 Å². The van der Waals surface area contributed by atoms with Crippen molar-refractivity contribution in [3.05, 3.63) is 41.7 Å². The Morgan fingerprint density at radius 2 is 2.10 bits per heavy atom. The molecule has 114 valence electrons. The maximum atomic E-state index is 4.43. The van der Waals surface area contributed by atoms with E-state index < -0.39 is 0 Å². The van der Waals surface area contributed by atoms with Crippen molar-refractivity contribution in [2.45, 2.75) is 52.6 Å². The summed E-state index contributed by atoms with van der Waals surface area (Å²) in [6.07, 6.45) is 5.41. The van der Waals surface area contributed by atoms with Crippen LogP contribution in [0.1, 0.15) is 56.4 Å². The van der Waals surface area contributed by atoms with Gasteiger partial charge in [-0.25, -0.2) is 9.67 Å². The first-order chi connectivity index (χ1) is 10.1. The molecule has 2 heterocycles. The van der Waals surface area contributed by atoms with Crippen LogP contribution in [0.15, 0.2) is 24.7 Å². The Hall–Kier alpha value is -1.75. The van der Waals surface area contributed by atoms with Gasteiger partial charge < -0.3 is 5.32 Å². The van der Waals surface area contributed by atoms with Gasteiger partial charge in [0.25, 0.3) is 0 Å². The minimum absolute atomic E-state index is 0.223. The van der Waals surface area contributed by atoms with Crippen molar-refractivity contribution in [3.63, 3.8) is 0 Å². The van der Waals surface area contributed by atoms with E-state index in [1.807, 2.05) is 16.9 Å². The molecule has 0 radical (unpaired) electrons. The Balaban J connectivity index is 2.24. The number of hydrogen-bond donors (Lipinski definition) is 1. The molecular weight excluding hydrogens is 262 g/mol. The highest BCUT2D eigenvalue weighted by Gasteiger charge is 2.18. The normalized spacial score (nSPS) is 12.8. The third kappa shape index (κ3) is 3.88. The summed E-state index contributed by atoms with van der Waals surface area (Å²) in [7, 11) is 0. The topological polar surface area (TPSA) is 55.6 Å². The van der Waals surface area contributed by atoms with Crippen LogP contribution in [0.4, 0.5) is 0 Å². The van der Waals surface area contributed by atoms with Crippen molar-refractivity contribution >= 4 is 0 Å². The predicted molar refractivity (Wildman–Crippen MR) is 84.1 cm³/mol. The van der Waals surface area contributed by atoms with Gasteiger partial charge in [0.2, 0.25) is 0 Å². The third-order valence-corrected chi connectivity index (χ3v) is 3.59. The summed E-state index contributed by atoms with van der Waals surface area (Å²) < 4.78 is 1.99. The van der Waals surface area contributed by atoms with Crippen LogP contribution in [0.25, 0.3) is 0 Å². The second-order valence-corrected chi connectivity index (χ2v) is 5.60. The van der Waals surface area contributed by atoms with E-state index in [-0.39, 0.29) is 6.04 Å². The Labute approximate surface area is 126 Å². The predicted octanol–water partition coefficient (Wildman–Crippen LogP) is 2.85. The molecule has 1 unspecified atom stereocenters. The zero-order valence-electron chi connectivity index (χ0n) is 13.4. The van der Waals surface area contributed by atoms with Crippen molar-refractivity contribution in [1.29, 1.82) is 0 Å². The SMILES string of the molecule is CCCNC(Cc1ncnn1C(C)C)c1cccnc1C. The Morgan fingerprint density at radius 1 is 1.29 bits per heavy atom. The number of rotatable bonds is 7. The molecule has 21 heavy (non-hydrogen) atoms. The van der Waals surface area contributed by atoms with Gasteiger partial charge in [-0.15, -0.1) is 0 Å². The number of nitrogens with zero attached hydrogens (tertiary/aromatic N) is 4. The molecular formula is C16H25N5. The molecule has 0 aliphatic heterocycles. The first-order valence-electron chi connectivity index (χ1n) is 7.66. The number of hydrogen-bond acceptors (Lipinski definition) is 4. The number of pyridine rings is 1. The highest BCUT2D eigenvalue weighted by Crippen LogP contribution is 2.20. The molecule has 0 fully saturated rings. The van der Waals surface area contributed by atoms with Gasteiger partial charge in [0, 0.05) is 30.4 Å². The average Bonchev–Trinajstić information content (AvgIpc) is 2.92. The minimum Gasteiger partial charge on any atom is -0.309 e. The third-order valence-electron chi connectivity index (χ3n) is 3.59. The maximum absolute atomic E-state index is 4.43. The van der Waals surface area contributed by atoms with Crippen LogP contribution >= 0.6 is 0 Å². The van der Waals surface area contributed by atoms with Gasteiger partial charge in [0.1, 0.15) is 12.2 Å². The van der Waals surface area contributed by atoms with Gasteiger partial charge in [0.15, 0.2) is 0 Å². The summed E-state index contributed by atoms with van der Waals surface area (Å²) >= 11 is 0. The number of aryl methyl sites for hydroxylation is 1. The highest BCUT2D eigenvalue weighted by molar-refractivity contribution is 5.23. The fourth-order valence-electron chi connectivity index (χ4n) is 2.51. The zero-order chi connectivity index (χ0) is 15.2. The van der Waals surface area contributed by atoms with Gasteiger partial charge in [-0.1, -0.05) is 13.0 Å². The van der Waals surface area contributed by atoms with Crippen LogP contribution in [0.5, 0.6) is 0 Å². The molecule has 0 bridgehead atoms. The van der Waals surface area contributed by atoms with E-state index in [2.05, 4.69) is 54.1 Å². The first-order valence-corrected chi connectivity index (χ1v) is 7.66. The zero-order valence-corrected chi connectivity index (χ0v) is 13.4. The lowest BCUT2D eigenvalue weighted by Gasteiger charge is -2.21. The lowest BCUT2D eigenvalue weighted by atomic mass is 10.0. The largest absolute Gasteiger partial charge is 0.309 e. The lowest BCUT2D eigenvalue weighted by molar-refractivity contribution is 0.461. The van der Waals surface area contributed by atoms with Crippen LogP contribution < -0.4 is 5.32 Å². The molecule has 0 aromatic carbocycles. The van der Waals surface area contributed by atoms with E-state index in [1.54, 1.807) is 6.33 Å². The molecule has 2 aromatic rings. The molecule has 1 N–H and O–H groups in total. The van der Waals surface area contributed by atoms with Gasteiger partial charge in [-0.2, -0.15) is 5.10 Å². The monoisotopic (exact) mass is 287 g/mol. The number of nitrogens with one attached hydrogen (secondary N) is 1. The van der Waals surface area contributed by atoms with E-state index in [0.717, 1.165) is 30.9 Å². The smallest absolute Gasteiger partial charge is 0.138 e. The van der Waals surface area contributed by atoms with Crippen LogP contribution in [-0.2, 0) is 6.42 Å². The Bertz CT molecular complexity index is 561. The summed E-state index contributed by atoms with van der Waals surface area (Å²) in [5.74, 6) is 1.02. The van der Waals surface area contributed by atoms with E-state index in [9.17, 15) is 0 Å². The standard InChI is InChI=1S/C16H25N5/c1-5-8-18-15(14-7-6-9-17-13(14)4)10-16-19-11-20-21(16)12(2)3/h6-7,9,11-12,15,18H,5,8,10H2,1-4H3. The maximum Gasteiger partial charge on any atom is 0.138 e. The van der Waals surface area contributed by atoms with Gasteiger partial charge in [-0.3, -0.25) is 4.98 Å². The van der Waals surface area contributed by atoms with Crippen LogP contribution in [-0.4, -0.2) is 26.3 Å². The molecule has 0 aliphatic rings. The van der Waals surface area contributed by atoms with Crippen LogP contribution in [0.3, 0.4) is 0 Å². The fourth-order valence-corrected chi connectivity index (χ4v) is 2.51. The lowest BCUT2D eigenvalue weighted by Crippen LogP contribution is -2.26. The quantitative estimate of drug-likeness (QED) is 0.851. The van der Waals surface area contributed by atoms with E-state index in [0.29, 0.717) is 6.04 Å². The molecule has 5 heteroatoms. The Kier molecular flexibility index (Phi) is 5.44. The van der Waals surface area contributed by atoms with Crippen molar-refractivity contribution < 1.29 is 0 Å². The van der Waals surface area contributed by atoms with Gasteiger partial charge in [0.05, 0.1) is 0 Å². The summed E-state index contributed by atoms with van der Waals surface area (Å²) in [6.45, 7) is 9.47. The molecule has 1 atom stereocenters. The van der Waals surface area contributed by atoms with Crippen molar-refractivity contribution in [2.24, 2.45) is 0 Å². The van der Waals surface area contributed by atoms with E-state index in [1.165, 1.54) is 5.56 Å². The van der Waals surface area contributed by atoms with Gasteiger partial charge in [-0.05, 0) is 45.4 Å². The van der Waals surface area contributed by atoms with Crippen molar-refractivity contribution in [3.8, 4) is 0 Å². The first kappa shape index (κ1) is 15.6. The molecule has 0 amide bonds. The Morgan fingerprint density at radius 3 is 2.76 bits per heavy atom. The molecule has 0 aliphatic carbocycles. The summed E-state index contributed by atoms with van der Waals surface area (Å²) in [5.41, 5.74) is 2.31. The molecule has 2 aromatic heterocycles. The van der Waals surface area contributed by atoms with E-state index in [4.69, 9.17) is 0 Å².